The molecule has 0 saturated carbocycles. The van der Waals surface area contributed by atoms with E-state index >= 15 is 0 Å². The number of hydrogen-bond acceptors (Lipinski definition) is 3. The van der Waals surface area contributed by atoms with E-state index in [0.717, 1.165) is 36.1 Å². The van der Waals surface area contributed by atoms with Crippen molar-refractivity contribution >= 4 is 17.6 Å². The number of ether oxygens (including phenoxy) is 1. The van der Waals surface area contributed by atoms with Crippen molar-refractivity contribution in [3.8, 4) is 5.75 Å². The Morgan fingerprint density at radius 2 is 2.35 bits per heavy atom. The molecule has 1 aliphatic rings. The molecule has 4 nitrogen and oxygen atoms in total. The molecule has 1 atom stereocenters. The number of unbranched alkanes of at least 4 members (excludes halogenated alkanes) is 1. The van der Waals surface area contributed by atoms with Crippen LogP contribution in [0.15, 0.2) is 12.1 Å². The van der Waals surface area contributed by atoms with Gasteiger partial charge in [0.15, 0.2) is 0 Å². The summed E-state index contributed by atoms with van der Waals surface area (Å²) in [7, 11) is 0. The molecule has 0 aliphatic carbocycles. The van der Waals surface area contributed by atoms with Crippen LogP contribution in [0.3, 0.4) is 0 Å². The second-order valence-corrected chi connectivity index (χ2v) is 5.50. The van der Waals surface area contributed by atoms with Gasteiger partial charge in [-0.1, -0.05) is 31.4 Å². The molecule has 20 heavy (non-hydrogen) atoms. The fourth-order valence-electron chi connectivity index (χ4n) is 2.43. The van der Waals surface area contributed by atoms with Crippen molar-refractivity contribution in [2.45, 2.75) is 45.2 Å². The lowest BCUT2D eigenvalue weighted by Crippen LogP contribution is -2.36. The first-order valence-electron chi connectivity index (χ1n) is 7.02. The number of aliphatic carboxylic acids is 1. The summed E-state index contributed by atoms with van der Waals surface area (Å²) in [6.45, 7) is 3.18. The van der Waals surface area contributed by atoms with E-state index < -0.39 is 12.0 Å². The third kappa shape index (κ3) is 3.64. The first-order valence-corrected chi connectivity index (χ1v) is 7.40. The average Bonchev–Trinajstić information content (AvgIpc) is 2.86. The highest BCUT2D eigenvalue weighted by Crippen LogP contribution is 2.32. The Morgan fingerprint density at radius 3 is 3.05 bits per heavy atom. The third-order valence-corrected chi connectivity index (χ3v) is 3.73. The first-order chi connectivity index (χ1) is 9.61. The number of rotatable bonds is 7. The molecule has 0 bridgehead atoms. The summed E-state index contributed by atoms with van der Waals surface area (Å²) in [5.41, 5.74) is 2.04. The predicted octanol–water partition coefficient (Wildman–Crippen LogP) is 3.01. The van der Waals surface area contributed by atoms with Gasteiger partial charge in [0, 0.05) is 23.6 Å². The van der Waals surface area contributed by atoms with Gasteiger partial charge in [0.2, 0.25) is 0 Å². The lowest BCUT2D eigenvalue weighted by molar-refractivity contribution is -0.139. The number of nitrogens with one attached hydrogen (secondary N) is 1. The molecule has 0 aromatic heterocycles. The molecule has 0 fully saturated rings. The Hall–Kier alpha value is -1.26. The van der Waals surface area contributed by atoms with Crippen molar-refractivity contribution in [3.05, 3.63) is 28.3 Å². The maximum absolute atomic E-state index is 11.2. The zero-order valence-electron chi connectivity index (χ0n) is 11.6. The van der Waals surface area contributed by atoms with Gasteiger partial charge in [0.1, 0.15) is 11.8 Å². The second-order valence-electron chi connectivity index (χ2n) is 5.07. The summed E-state index contributed by atoms with van der Waals surface area (Å²) < 4.78 is 5.61. The summed E-state index contributed by atoms with van der Waals surface area (Å²) in [6, 6.07) is 3.24. The van der Waals surface area contributed by atoms with Gasteiger partial charge in [0.05, 0.1) is 6.61 Å². The molecule has 1 aromatic rings. The zero-order valence-corrected chi connectivity index (χ0v) is 12.4. The summed E-state index contributed by atoms with van der Waals surface area (Å²) >= 11 is 6.09. The molecular formula is C15H20ClNO3. The Kier molecular flexibility index (Phi) is 5.26. The molecule has 0 saturated heterocycles. The molecule has 110 valence electrons. The smallest absolute Gasteiger partial charge is 0.320 e. The van der Waals surface area contributed by atoms with Crippen molar-refractivity contribution in [2.24, 2.45) is 0 Å². The molecular weight excluding hydrogens is 278 g/mol. The van der Waals surface area contributed by atoms with Crippen LogP contribution in [0.1, 0.15) is 37.3 Å². The molecule has 0 spiro atoms. The molecule has 0 amide bonds. The van der Waals surface area contributed by atoms with Crippen molar-refractivity contribution < 1.29 is 14.6 Å². The normalized spacial score (nSPS) is 14.7. The van der Waals surface area contributed by atoms with Gasteiger partial charge in [-0.25, -0.2) is 0 Å². The van der Waals surface area contributed by atoms with Crippen LogP contribution in [-0.4, -0.2) is 23.7 Å². The van der Waals surface area contributed by atoms with Gasteiger partial charge in [-0.2, -0.15) is 0 Å². The Balaban J connectivity index is 2.04. The highest BCUT2D eigenvalue weighted by Gasteiger charge is 2.20. The Morgan fingerprint density at radius 1 is 1.55 bits per heavy atom. The van der Waals surface area contributed by atoms with E-state index in [1.54, 1.807) is 0 Å². The lowest BCUT2D eigenvalue weighted by atomic mass is 10.1. The number of carboxylic acids is 1. The van der Waals surface area contributed by atoms with Crippen LogP contribution in [0, 0.1) is 0 Å². The van der Waals surface area contributed by atoms with E-state index in [1.807, 2.05) is 12.1 Å². The molecule has 1 aromatic carbocycles. The SMILES string of the molecule is CCCC[C@H](NCc1cc(Cl)cc2c1OCC2)C(=O)O. The molecule has 5 heteroatoms. The number of benzene rings is 1. The monoisotopic (exact) mass is 297 g/mol. The van der Waals surface area contributed by atoms with Gasteiger partial charge in [-0.05, 0) is 24.1 Å². The van der Waals surface area contributed by atoms with Crippen LogP contribution in [0.25, 0.3) is 0 Å². The highest BCUT2D eigenvalue weighted by molar-refractivity contribution is 6.30. The Bertz CT molecular complexity index is 490. The van der Waals surface area contributed by atoms with E-state index in [4.69, 9.17) is 16.3 Å². The summed E-state index contributed by atoms with van der Waals surface area (Å²) in [5, 5.41) is 13.0. The topological polar surface area (TPSA) is 58.6 Å². The van der Waals surface area contributed by atoms with Crippen LogP contribution < -0.4 is 10.1 Å². The first kappa shape index (κ1) is 15.1. The second kappa shape index (κ2) is 6.95. The highest BCUT2D eigenvalue weighted by atomic mass is 35.5. The van der Waals surface area contributed by atoms with Crippen molar-refractivity contribution in [3.63, 3.8) is 0 Å². The number of hydrogen-bond donors (Lipinski definition) is 2. The van der Waals surface area contributed by atoms with Crippen LogP contribution >= 0.6 is 11.6 Å². The third-order valence-electron chi connectivity index (χ3n) is 3.51. The van der Waals surface area contributed by atoms with Crippen LogP contribution in [0.4, 0.5) is 0 Å². The standard InChI is InChI=1S/C15H20ClNO3/c1-2-3-4-13(15(18)19)17-9-11-8-12(16)7-10-5-6-20-14(10)11/h7-8,13,17H,2-6,9H2,1H3,(H,18,19)/t13-/m0/s1. The van der Waals surface area contributed by atoms with E-state index in [1.165, 1.54) is 0 Å². The van der Waals surface area contributed by atoms with E-state index in [2.05, 4.69) is 12.2 Å². The minimum atomic E-state index is -0.807. The van der Waals surface area contributed by atoms with Gasteiger partial charge in [-0.15, -0.1) is 0 Å². The largest absolute Gasteiger partial charge is 0.493 e. The maximum atomic E-state index is 11.2. The molecule has 2 N–H and O–H groups in total. The van der Waals surface area contributed by atoms with Gasteiger partial charge in [-0.3, -0.25) is 4.79 Å². The number of carboxylic acid groups (broad SMARTS) is 1. The summed E-state index contributed by atoms with van der Waals surface area (Å²) in [5.74, 6) is 0.0552. The number of fused-ring (bicyclic) bond motifs is 1. The van der Waals surface area contributed by atoms with Crippen LogP contribution in [0.2, 0.25) is 5.02 Å². The van der Waals surface area contributed by atoms with Crippen molar-refractivity contribution in [1.29, 1.82) is 0 Å². The fourth-order valence-corrected chi connectivity index (χ4v) is 2.69. The fraction of sp³-hybridized carbons (Fsp3) is 0.533. The van der Waals surface area contributed by atoms with E-state index in [0.29, 0.717) is 24.6 Å². The quantitative estimate of drug-likeness (QED) is 0.812. The summed E-state index contributed by atoms with van der Waals surface area (Å²) in [6.07, 6.45) is 3.38. The van der Waals surface area contributed by atoms with Crippen LogP contribution in [0.5, 0.6) is 5.75 Å². The van der Waals surface area contributed by atoms with Gasteiger partial charge < -0.3 is 15.2 Å². The van der Waals surface area contributed by atoms with Crippen LogP contribution in [-0.2, 0) is 17.8 Å². The van der Waals surface area contributed by atoms with E-state index in [-0.39, 0.29) is 0 Å². The van der Waals surface area contributed by atoms with Gasteiger partial charge in [0.25, 0.3) is 0 Å². The van der Waals surface area contributed by atoms with Crippen molar-refractivity contribution in [1.82, 2.24) is 5.32 Å². The predicted molar refractivity (Wildman–Crippen MR) is 78.4 cm³/mol. The molecule has 1 heterocycles. The maximum Gasteiger partial charge on any atom is 0.320 e. The Labute approximate surface area is 124 Å². The van der Waals surface area contributed by atoms with Crippen molar-refractivity contribution in [2.75, 3.05) is 6.61 Å². The molecule has 1 aliphatic heterocycles. The molecule has 0 radical (unpaired) electrons. The molecule has 0 unspecified atom stereocenters. The lowest BCUT2D eigenvalue weighted by Gasteiger charge is -2.15. The van der Waals surface area contributed by atoms with E-state index in [9.17, 15) is 9.90 Å². The number of carbonyl (C=O) groups is 1. The zero-order chi connectivity index (χ0) is 14.5. The number of halogens is 1. The minimum absolute atomic E-state index is 0.462. The molecule has 2 rings (SSSR count). The minimum Gasteiger partial charge on any atom is -0.493 e. The average molecular weight is 298 g/mol. The van der Waals surface area contributed by atoms with Gasteiger partial charge >= 0.3 is 5.97 Å². The summed E-state index contributed by atoms with van der Waals surface area (Å²) in [4.78, 5) is 11.2.